The number of hydrogen-bond acceptors (Lipinski definition) is 3. The predicted octanol–water partition coefficient (Wildman–Crippen LogP) is 7.25. The fraction of sp³-hybridized carbons (Fsp3) is 0. The van der Waals surface area contributed by atoms with Crippen molar-refractivity contribution < 1.29 is 5.11 Å². The second kappa shape index (κ2) is 6.48. The number of fused-ring (bicyclic) bond motifs is 1. The summed E-state index contributed by atoms with van der Waals surface area (Å²) in [6, 6.07) is 14.8. The summed E-state index contributed by atoms with van der Waals surface area (Å²) in [6.07, 6.45) is 0. The third-order valence-electron chi connectivity index (χ3n) is 3.12. The molecule has 3 nitrogen and oxygen atoms in total. The molecule has 0 heterocycles. The van der Waals surface area contributed by atoms with Gasteiger partial charge < -0.3 is 5.11 Å². The lowest BCUT2D eigenvalue weighted by Crippen LogP contribution is -1.76. The normalized spacial score (nSPS) is 11.4. The van der Waals surface area contributed by atoms with E-state index in [1.807, 2.05) is 36.4 Å². The molecule has 0 amide bonds. The highest BCUT2D eigenvalue weighted by atomic mass is 79.9. The smallest absolute Gasteiger partial charge is 0.123 e. The van der Waals surface area contributed by atoms with E-state index in [4.69, 9.17) is 0 Å². The minimum atomic E-state index is 0.237. The Bertz CT molecular complexity index is 871. The Morgan fingerprint density at radius 3 is 2.09 bits per heavy atom. The summed E-state index contributed by atoms with van der Waals surface area (Å²) in [7, 11) is 0. The number of halogens is 3. The van der Waals surface area contributed by atoms with E-state index in [0.29, 0.717) is 11.4 Å². The Labute approximate surface area is 152 Å². The molecule has 0 saturated carbocycles. The number of azo groups is 1. The van der Waals surface area contributed by atoms with Gasteiger partial charge in [0.2, 0.25) is 0 Å². The number of nitrogens with zero attached hydrogens (tertiary/aromatic N) is 2. The van der Waals surface area contributed by atoms with E-state index in [2.05, 4.69) is 58.0 Å². The number of aromatic hydroxyl groups is 1. The SMILES string of the molecule is Oc1ccc(N=Nc2c(Br)cc(Br)cc2Br)c2ccccc12. The van der Waals surface area contributed by atoms with E-state index in [1.165, 1.54) is 0 Å². The van der Waals surface area contributed by atoms with Crippen LogP contribution in [0.3, 0.4) is 0 Å². The van der Waals surface area contributed by atoms with Crippen molar-refractivity contribution in [3.63, 3.8) is 0 Å². The summed E-state index contributed by atoms with van der Waals surface area (Å²) in [4.78, 5) is 0. The molecule has 0 unspecified atom stereocenters. The van der Waals surface area contributed by atoms with Gasteiger partial charge in [0.05, 0.1) is 5.69 Å². The largest absolute Gasteiger partial charge is 0.507 e. The molecule has 1 N–H and O–H groups in total. The zero-order valence-corrected chi connectivity index (χ0v) is 15.9. The Morgan fingerprint density at radius 1 is 0.773 bits per heavy atom. The number of phenols is 1. The third kappa shape index (κ3) is 3.09. The molecule has 0 spiro atoms. The van der Waals surface area contributed by atoms with E-state index in [0.717, 1.165) is 24.2 Å². The van der Waals surface area contributed by atoms with Crippen LogP contribution >= 0.6 is 47.8 Å². The van der Waals surface area contributed by atoms with Crippen molar-refractivity contribution in [2.24, 2.45) is 10.2 Å². The molecule has 3 rings (SSSR count). The van der Waals surface area contributed by atoms with Crippen LogP contribution in [-0.2, 0) is 0 Å². The predicted molar refractivity (Wildman–Crippen MR) is 99.3 cm³/mol. The van der Waals surface area contributed by atoms with Crippen LogP contribution in [0.5, 0.6) is 5.75 Å². The van der Waals surface area contributed by atoms with Crippen molar-refractivity contribution in [3.05, 3.63) is 61.9 Å². The highest BCUT2D eigenvalue weighted by molar-refractivity contribution is 9.11. The van der Waals surface area contributed by atoms with Crippen molar-refractivity contribution in [1.29, 1.82) is 0 Å². The highest BCUT2D eigenvalue weighted by Gasteiger charge is 2.07. The maximum atomic E-state index is 9.91. The second-order valence-electron chi connectivity index (χ2n) is 4.57. The van der Waals surface area contributed by atoms with Crippen LogP contribution in [0.4, 0.5) is 11.4 Å². The summed E-state index contributed by atoms with van der Waals surface area (Å²) < 4.78 is 2.61. The molecule has 3 aromatic rings. The first-order valence-electron chi connectivity index (χ1n) is 6.33. The summed E-state index contributed by atoms with van der Waals surface area (Å²) in [5, 5.41) is 20.2. The number of rotatable bonds is 2. The minimum absolute atomic E-state index is 0.237. The standard InChI is InChI=1S/C16H9Br3N2O/c17-9-7-12(18)16(13(19)8-9)21-20-14-5-6-15(22)11-4-2-1-3-10(11)14/h1-8,22H. The first kappa shape index (κ1) is 15.6. The van der Waals surface area contributed by atoms with Gasteiger partial charge in [-0.2, -0.15) is 0 Å². The number of hydrogen-bond donors (Lipinski definition) is 1. The van der Waals surface area contributed by atoms with Crippen molar-refractivity contribution in [1.82, 2.24) is 0 Å². The fourth-order valence-electron chi connectivity index (χ4n) is 2.09. The minimum Gasteiger partial charge on any atom is -0.507 e. The van der Waals surface area contributed by atoms with Crippen LogP contribution in [0.15, 0.2) is 72.2 Å². The molecular weight excluding hydrogens is 476 g/mol. The van der Waals surface area contributed by atoms with Gasteiger partial charge in [-0.3, -0.25) is 0 Å². The van der Waals surface area contributed by atoms with Crippen LogP contribution in [0.2, 0.25) is 0 Å². The van der Waals surface area contributed by atoms with E-state index >= 15 is 0 Å². The van der Waals surface area contributed by atoms with Crippen molar-refractivity contribution in [3.8, 4) is 5.75 Å². The van der Waals surface area contributed by atoms with Crippen LogP contribution < -0.4 is 0 Å². The summed E-state index contributed by atoms with van der Waals surface area (Å²) >= 11 is 10.4. The number of benzene rings is 3. The summed E-state index contributed by atoms with van der Waals surface area (Å²) in [6.45, 7) is 0. The van der Waals surface area contributed by atoms with E-state index in [-0.39, 0.29) is 5.75 Å². The van der Waals surface area contributed by atoms with Gasteiger partial charge in [0.1, 0.15) is 11.4 Å². The Hall–Kier alpha value is -1.24. The molecule has 0 aliphatic carbocycles. The van der Waals surface area contributed by atoms with E-state index < -0.39 is 0 Å². The molecule has 0 bridgehead atoms. The summed E-state index contributed by atoms with van der Waals surface area (Å²) in [5.41, 5.74) is 1.41. The molecule has 0 radical (unpaired) electrons. The molecule has 0 aliphatic rings. The molecule has 0 aliphatic heterocycles. The average Bonchev–Trinajstić information content (AvgIpc) is 2.48. The molecule has 3 aromatic carbocycles. The van der Waals surface area contributed by atoms with Gasteiger partial charge in [0, 0.05) is 24.2 Å². The molecule has 6 heteroatoms. The topological polar surface area (TPSA) is 45.0 Å². The zero-order chi connectivity index (χ0) is 15.7. The average molecular weight is 485 g/mol. The third-order valence-corrected chi connectivity index (χ3v) is 4.78. The van der Waals surface area contributed by atoms with Gasteiger partial charge in [0.25, 0.3) is 0 Å². The maximum absolute atomic E-state index is 9.91. The maximum Gasteiger partial charge on any atom is 0.123 e. The second-order valence-corrected chi connectivity index (χ2v) is 7.19. The van der Waals surface area contributed by atoms with Crippen molar-refractivity contribution in [2.45, 2.75) is 0 Å². The molecule has 0 fully saturated rings. The van der Waals surface area contributed by atoms with Gasteiger partial charge in [-0.15, -0.1) is 10.2 Å². The lowest BCUT2D eigenvalue weighted by atomic mass is 10.1. The fourth-order valence-corrected chi connectivity index (χ4v) is 4.51. The lowest BCUT2D eigenvalue weighted by Gasteiger charge is -2.05. The van der Waals surface area contributed by atoms with Crippen molar-refractivity contribution >= 4 is 69.9 Å². The lowest BCUT2D eigenvalue weighted by molar-refractivity contribution is 0.481. The molecule has 22 heavy (non-hydrogen) atoms. The van der Waals surface area contributed by atoms with Gasteiger partial charge in [0.15, 0.2) is 0 Å². The quantitative estimate of drug-likeness (QED) is 0.382. The van der Waals surface area contributed by atoms with Crippen LogP contribution in [-0.4, -0.2) is 5.11 Å². The van der Waals surface area contributed by atoms with Gasteiger partial charge >= 0.3 is 0 Å². The molecule has 0 atom stereocenters. The van der Waals surface area contributed by atoms with Gasteiger partial charge in [-0.05, 0) is 56.1 Å². The Balaban J connectivity index is 2.09. The van der Waals surface area contributed by atoms with Crippen LogP contribution in [0.25, 0.3) is 10.8 Å². The van der Waals surface area contributed by atoms with E-state index in [1.54, 1.807) is 12.1 Å². The monoisotopic (exact) mass is 482 g/mol. The van der Waals surface area contributed by atoms with Gasteiger partial charge in [-0.1, -0.05) is 40.2 Å². The van der Waals surface area contributed by atoms with Crippen LogP contribution in [0.1, 0.15) is 0 Å². The highest BCUT2D eigenvalue weighted by Crippen LogP contribution is 2.39. The molecule has 110 valence electrons. The summed E-state index contributed by atoms with van der Waals surface area (Å²) in [5.74, 6) is 0.237. The van der Waals surface area contributed by atoms with E-state index in [9.17, 15) is 5.11 Å². The molecular formula is C16H9Br3N2O. The van der Waals surface area contributed by atoms with Gasteiger partial charge in [-0.25, -0.2) is 0 Å². The van der Waals surface area contributed by atoms with Crippen LogP contribution in [0, 0.1) is 0 Å². The zero-order valence-electron chi connectivity index (χ0n) is 11.1. The number of phenolic OH excluding ortho intramolecular Hbond substituents is 1. The Morgan fingerprint density at radius 2 is 1.41 bits per heavy atom. The molecule has 0 saturated heterocycles. The molecule has 0 aromatic heterocycles. The first-order valence-corrected chi connectivity index (χ1v) is 8.71. The Kier molecular flexibility index (Phi) is 4.61. The first-order chi connectivity index (χ1) is 10.6. The van der Waals surface area contributed by atoms with Crippen molar-refractivity contribution in [2.75, 3.05) is 0 Å².